The van der Waals surface area contributed by atoms with Crippen molar-refractivity contribution < 1.29 is 9.59 Å². The van der Waals surface area contributed by atoms with Gasteiger partial charge in [0.1, 0.15) is 11.3 Å². The summed E-state index contributed by atoms with van der Waals surface area (Å²) >= 11 is 12.7. The Morgan fingerprint density at radius 3 is 2.54 bits per heavy atom. The molecule has 2 aliphatic rings. The molecule has 0 bridgehead atoms. The molecule has 1 aliphatic heterocycles. The van der Waals surface area contributed by atoms with Crippen molar-refractivity contribution in [3.8, 4) is 0 Å². The van der Waals surface area contributed by atoms with Crippen molar-refractivity contribution in [1.29, 1.82) is 0 Å². The maximum absolute atomic E-state index is 12.9. The lowest BCUT2D eigenvalue weighted by atomic mass is 9.95. The number of rotatable bonds is 4. The fourth-order valence-corrected chi connectivity index (χ4v) is 3.52. The molecule has 1 aliphatic carbocycles. The van der Waals surface area contributed by atoms with E-state index in [0.717, 1.165) is 12.8 Å². The summed E-state index contributed by atoms with van der Waals surface area (Å²) < 4.78 is 0. The number of halogens is 2. The Morgan fingerprint density at radius 2 is 1.92 bits per heavy atom. The van der Waals surface area contributed by atoms with Crippen molar-refractivity contribution >= 4 is 35.3 Å². The number of alkyl halides is 1. The second-order valence-corrected chi connectivity index (χ2v) is 6.99. The molecule has 6 heteroatoms. The molecule has 1 N–H and O–H groups in total. The summed E-state index contributed by atoms with van der Waals surface area (Å²) in [5.41, 5.74) is 0.605. The molecular weight excluding hydrogens is 347 g/mol. The van der Waals surface area contributed by atoms with E-state index in [0.29, 0.717) is 23.7 Å². The number of nitrogens with one attached hydrogen (secondary N) is 1. The average molecular weight is 365 g/mol. The molecule has 1 saturated heterocycles. The highest BCUT2D eigenvalue weighted by molar-refractivity contribution is 6.30. The van der Waals surface area contributed by atoms with Gasteiger partial charge in [0.05, 0.1) is 12.0 Å². The van der Waals surface area contributed by atoms with Crippen molar-refractivity contribution in [3.63, 3.8) is 0 Å². The Balaban J connectivity index is 1.86. The number of nitrogens with zero attached hydrogens (tertiary/aromatic N) is 1. The van der Waals surface area contributed by atoms with Crippen LogP contribution in [-0.4, -0.2) is 47.6 Å². The lowest BCUT2D eigenvalue weighted by molar-refractivity contribution is -0.109. The molecule has 24 heavy (non-hydrogen) atoms. The molecule has 0 spiro atoms. The van der Waals surface area contributed by atoms with Gasteiger partial charge in [-0.05, 0) is 36.4 Å². The Labute approximate surface area is 151 Å². The second-order valence-electron chi connectivity index (χ2n) is 5.94. The van der Waals surface area contributed by atoms with Crippen molar-refractivity contribution in [2.24, 2.45) is 5.92 Å². The minimum absolute atomic E-state index is 0.00166. The standard InChI is InChI=1S/C18H18Cl2N2O2/c19-15-3-1-14(2-4-15)17(24)16-11-21-9-10-22(16)18(20)7-5-13(12-23)6-8-18/h1-8,12-13,16,21H,9-11H2. The molecule has 1 atom stereocenters. The van der Waals surface area contributed by atoms with Crippen LogP contribution in [0.4, 0.5) is 0 Å². The van der Waals surface area contributed by atoms with Crippen molar-refractivity contribution in [3.05, 3.63) is 59.2 Å². The van der Waals surface area contributed by atoms with E-state index in [1.54, 1.807) is 48.6 Å². The quantitative estimate of drug-likeness (QED) is 0.293. The lowest BCUT2D eigenvalue weighted by Gasteiger charge is -2.44. The van der Waals surface area contributed by atoms with E-state index in [9.17, 15) is 9.59 Å². The normalized spacial score (nSPS) is 30.2. The Hall–Kier alpha value is -1.46. The molecule has 0 amide bonds. The predicted molar refractivity (Wildman–Crippen MR) is 95.6 cm³/mol. The number of hydrogen-bond donors (Lipinski definition) is 1. The first-order valence-corrected chi connectivity index (χ1v) is 8.59. The van der Waals surface area contributed by atoms with E-state index >= 15 is 0 Å². The number of Topliss-reactive ketones (excluding diaryl/α,β-unsaturated/α-hetero) is 1. The van der Waals surface area contributed by atoms with Crippen LogP contribution in [0.1, 0.15) is 10.4 Å². The number of allylic oxidation sites excluding steroid dienone is 2. The van der Waals surface area contributed by atoms with Crippen molar-refractivity contribution in [1.82, 2.24) is 10.2 Å². The first-order chi connectivity index (χ1) is 11.5. The van der Waals surface area contributed by atoms with Gasteiger partial charge in [-0.2, -0.15) is 0 Å². The highest BCUT2D eigenvalue weighted by atomic mass is 35.5. The third kappa shape index (κ3) is 3.47. The van der Waals surface area contributed by atoms with Gasteiger partial charge in [0.25, 0.3) is 0 Å². The maximum Gasteiger partial charge on any atom is 0.181 e. The summed E-state index contributed by atoms with van der Waals surface area (Å²) in [5.74, 6) is -0.261. The SMILES string of the molecule is O=CC1C=CC(Cl)(N2CCNCC2C(=O)c2ccc(Cl)cc2)C=C1. The zero-order valence-corrected chi connectivity index (χ0v) is 14.5. The average Bonchev–Trinajstić information content (AvgIpc) is 2.62. The van der Waals surface area contributed by atoms with Crippen LogP contribution in [0.5, 0.6) is 0 Å². The van der Waals surface area contributed by atoms with Gasteiger partial charge >= 0.3 is 0 Å². The van der Waals surface area contributed by atoms with Crippen LogP contribution >= 0.6 is 23.2 Å². The first kappa shape index (κ1) is 17.4. The zero-order chi connectivity index (χ0) is 17.2. The van der Waals surface area contributed by atoms with Crippen molar-refractivity contribution in [2.75, 3.05) is 19.6 Å². The number of piperazine rings is 1. The van der Waals surface area contributed by atoms with Crippen LogP contribution < -0.4 is 5.32 Å². The van der Waals surface area contributed by atoms with E-state index in [-0.39, 0.29) is 17.7 Å². The molecule has 1 unspecified atom stereocenters. The fraction of sp³-hybridized carbons (Fsp3) is 0.333. The number of ketones is 1. The van der Waals surface area contributed by atoms with Gasteiger partial charge < -0.3 is 10.1 Å². The van der Waals surface area contributed by atoms with Gasteiger partial charge in [-0.25, -0.2) is 0 Å². The number of hydrogen-bond acceptors (Lipinski definition) is 4. The van der Waals surface area contributed by atoms with Crippen LogP contribution in [0.2, 0.25) is 5.02 Å². The zero-order valence-electron chi connectivity index (χ0n) is 13.0. The van der Waals surface area contributed by atoms with Gasteiger partial charge in [-0.1, -0.05) is 35.4 Å². The molecule has 0 radical (unpaired) electrons. The molecule has 3 rings (SSSR count). The molecule has 0 aromatic heterocycles. The number of carbonyl (C=O) groups is 2. The summed E-state index contributed by atoms with van der Waals surface area (Å²) in [5, 5.41) is 3.85. The van der Waals surface area contributed by atoms with Gasteiger partial charge in [-0.3, -0.25) is 9.69 Å². The summed E-state index contributed by atoms with van der Waals surface area (Å²) in [6.45, 7) is 1.90. The van der Waals surface area contributed by atoms with E-state index in [1.165, 1.54) is 0 Å². The number of carbonyl (C=O) groups excluding carboxylic acids is 2. The van der Waals surface area contributed by atoms with Gasteiger partial charge in [-0.15, -0.1) is 0 Å². The van der Waals surface area contributed by atoms with Crippen LogP contribution in [-0.2, 0) is 4.79 Å². The van der Waals surface area contributed by atoms with Crippen LogP contribution in [0, 0.1) is 5.92 Å². The highest BCUT2D eigenvalue weighted by Gasteiger charge is 2.41. The molecule has 1 fully saturated rings. The minimum atomic E-state index is -0.894. The monoisotopic (exact) mass is 364 g/mol. The van der Waals surface area contributed by atoms with E-state index in [1.807, 2.05) is 4.90 Å². The number of benzene rings is 1. The van der Waals surface area contributed by atoms with Gasteiger partial charge in [0, 0.05) is 30.2 Å². The van der Waals surface area contributed by atoms with Crippen LogP contribution in [0.3, 0.4) is 0 Å². The predicted octanol–water partition coefficient (Wildman–Crippen LogP) is 2.67. The third-order valence-corrected chi connectivity index (χ3v) is 5.10. The molecule has 1 aromatic rings. The first-order valence-electron chi connectivity index (χ1n) is 7.84. The molecule has 1 heterocycles. The van der Waals surface area contributed by atoms with Crippen molar-refractivity contribution in [2.45, 2.75) is 11.0 Å². The summed E-state index contributed by atoms with van der Waals surface area (Å²) in [4.78, 5) is 24.9. The highest BCUT2D eigenvalue weighted by Crippen LogP contribution is 2.32. The number of aldehydes is 1. The maximum atomic E-state index is 12.9. The smallest absolute Gasteiger partial charge is 0.181 e. The Bertz CT molecular complexity index is 671. The summed E-state index contributed by atoms with van der Waals surface area (Å²) in [6.07, 6.45) is 7.98. The topological polar surface area (TPSA) is 49.4 Å². The Kier molecular flexibility index (Phi) is 5.21. The lowest BCUT2D eigenvalue weighted by Crippen LogP contribution is -2.61. The van der Waals surface area contributed by atoms with Gasteiger partial charge in [0.2, 0.25) is 0 Å². The fourth-order valence-electron chi connectivity index (χ4n) is 3.05. The minimum Gasteiger partial charge on any atom is -0.313 e. The molecule has 126 valence electrons. The van der Waals surface area contributed by atoms with Gasteiger partial charge in [0.15, 0.2) is 5.78 Å². The summed E-state index contributed by atoms with van der Waals surface area (Å²) in [6, 6.07) is 6.49. The second kappa shape index (κ2) is 7.19. The molecule has 0 saturated carbocycles. The summed E-state index contributed by atoms with van der Waals surface area (Å²) in [7, 11) is 0. The van der Waals surface area contributed by atoms with E-state index < -0.39 is 5.00 Å². The largest absolute Gasteiger partial charge is 0.313 e. The van der Waals surface area contributed by atoms with E-state index in [4.69, 9.17) is 23.2 Å². The Morgan fingerprint density at radius 1 is 1.25 bits per heavy atom. The molecule has 1 aromatic carbocycles. The van der Waals surface area contributed by atoms with E-state index in [2.05, 4.69) is 5.32 Å². The third-order valence-electron chi connectivity index (χ3n) is 4.38. The van der Waals surface area contributed by atoms with Crippen LogP contribution in [0.15, 0.2) is 48.6 Å². The van der Waals surface area contributed by atoms with Crippen LogP contribution in [0.25, 0.3) is 0 Å². The molecular formula is C18H18Cl2N2O2. The molecule has 4 nitrogen and oxygen atoms in total.